The first-order valence-electron chi connectivity index (χ1n) is 13.7. The van der Waals surface area contributed by atoms with Crippen LogP contribution in [0.5, 0.6) is 0 Å². The van der Waals surface area contributed by atoms with Crippen molar-refractivity contribution in [1.29, 1.82) is 0 Å². The molecule has 3 heteroatoms. The smallest absolute Gasteiger partial charge is 0.160 e. The van der Waals surface area contributed by atoms with Gasteiger partial charge in [-0.2, -0.15) is 0 Å². The lowest BCUT2D eigenvalue weighted by Crippen LogP contribution is -2.14. The van der Waals surface area contributed by atoms with Crippen LogP contribution in [0.4, 0.5) is 0 Å². The Bertz CT molecular complexity index is 2090. The van der Waals surface area contributed by atoms with E-state index in [0.717, 1.165) is 50.0 Å². The molecule has 2 aromatic heterocycles. The number of para-hydroxylation sites is 2. The second-order valence-electron chi connectivity index (χ2n) is 11.0. The van der Waals surface area contributed by atoms with Gasteiger partial charge in [0.2, 0.25) is 0 Å². The summed E-state index contributed by atoms with van der Waals surface area (Å²) >= 11 is 0. The first-order valence-corrected chi connectivity index (χ1v) is 13.7. The lowest BCUT2D eigenvalue weighted by molar-refractivity contribution is 0.660. The van der Waals surface area contributed by atoms with Gasteiger partial charge < -0.3 is 4.42 Å². The van der Waals surface area contributed by atoms with Crippen LogP contribution in [0.25, 0.3) is 67.0 Å². The van der Waals surface area contributed by atoms with Crippen molar-refractivity contribution >= 4 is 21.9 Å². The van der Waals surface area contributed by atoms with Crippen LogP contribution in [0.2, 0.25) is 0 Å². The molecule has 0 saturated heterocycles. The van der Waals surface area contributed by atoms with E-state index in [0.29, 0.717) is 5.82 Å². The molecule has 0 saturated carbocycles. The van der Waals surface area contributed by atoms with Gasteiger partial charge in [0.25, 0.3) is 0 Å². The molecule has 0 spiro atoms. The third-order valence-electron chi connectivity index (χ3n) is 8.32. The van der Waals surface area contributed by atoms with Crippen molar-refractivity contribution in [1.82, 2.24) is 9.97 Å². The molecule has 5 aromatic carbocycles. The van der Waals surface area contributed by atoms with Crippen LogP contribution in [-0.4, -0.2) is 9.97 Å². The van der Waals surface area contributed by atoms with Crippen LogP contribution in [0.15, 0.2) is 126 Å². The SMILES string of the molecule is CC1(C)c2ccccc2-c2ccc(-c3cc(-c4cccc5c4oc4ccccc45)nc(-c4ccccc4)n3)cc21. The van der Waals surface area contributed by atoms with Crippen LogP contribution in [0, 0.1) is 0 Å². The van der Waals surface area contributed by atoms with Gasteiger partial charge in [-0.1, -0.05) is 111 Å². The molecule has 0 unspecified atom stereocenters. The van der Waals surface area contributed by atoms with Crippen molar-refractivity contribution in [2.24, 2.45) is 0 Å². The normalized spacial score (nSPS) is 13.4. The number of nitrogens with zero attached hydrogens (tertiary/aromatic N) is 2. The zero-order valence-electron chi connectivity index (χ0n) is 22.3. The average molecular weight is 515 g/mol. The maximum Gasteiger partial charge on any atom is 0.160 e. The van der Waals surface area contributed by atoms with E-state index in [4.69, 9.17) is 14.4 Å². The largest absolute Gasteiger partial charge is 0.455 e. The Morgan fingerprint density at radius 3 is 2.12 bits per heavy atom. The highest BCUT2D eigenvalue weighted by atomic mass is 16.3. The molecular formula is C37H26N2O. The van der Waals surface area contributed by atoms with Crippen molar-refractivity contribution in [3.8, 4) is 45.0 Å². The minimum atomic E-state index is -0.0834. The fourth-order valence-corrected chi connectivity index (χ4v) is 6.26. The van der Waals surface area contributed by atoms with E-state index >= 15 is 0 Å². The van der Waals surface area contributed by atoms with Crippen LogP contribution in [0.3, 0.4) is 0 Å². The molecule has 0 atom stereocenters. The summed E-state index contributed by atoms with van der Waals surface area (Å²) in [6, 6.07) is 42.3. The third kappa shape index (κ3) is 3.37. The number of aromatic nitrogens is 2. The third-order valence-corrected chi connectivity index (χ3v) is 8.32. The first-order chi connectivity index (χ1) is 19.6. The predicted molar refractivity (Wildman–Crippen MR) is 163 cm³/mol. The molecule has 2 heterocycles. The highest BCUT2D eigenvalue weighted by Gasteiger charge is 2.35. The lowest BCUT2D eigenvalue weighted by atomic mass is 9.82. The molecular weight excluding hydrogens is 488 g/mol. The van der Waals surface area contributed by atoms with E-state index in [1.807, 2.05) is 36.4 Å². The van der Waals surface area contributed by atoms with E-state index < -0.39 is 0 Å². The maximum absolute atomic E-state index is 6.39. The number of benzene rings is 5. The minimum Gasteiger partial charge on any atom is -0.455 e. The number of furan rings is 1. The highest BCUT2D eigenvalue weighted by molar-refractivity contribution is 6.09. The molecule has 0 aliphatic heterocycles. The summed E-state index contributed by atoms with van der Waals surface area (Å²) < 4.78 is 6.39. The summed E-state index contributed by atoms with van der Waals surface area (Å²) in [6.07, 6.45) is 0. The zero-order chi connectivity index (χ0) is 26.8. The quantitative estimate of drug-likeness (QED) is 0.236. The van der Waals surface area contributed by atoms with Gasteiger partial charge in [0, 0.05) is 32.9 Å². The van der Waals surface area contributed by atoms with E-state index in [-0.39, 0.29) is 5.41 Å². The van der Waals surface area contributed by atoms with Gasteiger partial charge >= 0.3 is 0 Å². The Morgan fingerprint density at radius 2 is 1.23 bits per heavy atom. The molecule has 0 radical (unpaired) electrons. The Balaban J connectivity index is 1.36. The summed E-state index contributed by atoms with van der Waals surface area (Å²) in [5, 5.41) is 2.20. The van der Waals surface area contributed by atoms with Crippen molar-refractivity contribution in [3.05, 3.63) is 132 Å². The number of rotatable bonds is 3. The Labute approximate surface area is 232 Å². The van der Waals surface area contributed by atoms with Crippen molar-refractivity contribution in [3.63, 3.8) is 0 Å². The second-order valence-corrected chi connectivity index (χ2v) is 11.0. The van der Waals surface area contributed by atoms with Crippen molar-refractivity contribution in [2.45, 2.75) is 19.3 Å². The van der Waals surface area contributed by atoms with Gasteiger partial charge in [0.15, 0.2) is 5.82 Å². The summed E-state index contributed by atoms with van der Waals surface area (Å²) in [5.41, 5.74) is 11.7. The molecule has 0 N–H and O–H groups in total. The summed E-state index contributed by atoms with van der Waals surface area (Å²) in [6.45, 7) is 4.62. The molecule has 190 valence electrons. The van der Waals surface area contributed by atoms with E-state index in [1.54, 1.807) is 0 Å². The summed E-state index contributed by atoms with van der Waals surface area (Å²) in [5.74, 6) is 0.698. The highest BCUT2D eigenvalue weighted by Crippen LogP contribution is 2.49. The maximum atomic E-state index is 6.39. The van der Waals surface area contributed by atoms with E-state index in [1.165, 1.54) is 22.3 Å². The van der Waals surface area contributed by atoms with E-state index in [2.05, 4.69) is 98.8 Å². The number of hydrogen-bond acceptors (Lipinski definition) is 3. The van der Waals surface area contributed by atoms with Crippen LogP contribution in [-0.2, 0) is 5.41 Å². The van der Waals surface area contributed by atoms with Crippen molar-refractivity contribution < 1.29 is 4.42 Å². The Kier molecular flexibility index (Phi) is 4.86. The molecule has 8 rings (SSSR count). The molecule has 1 aliphatic carbocycles. The summed E-state index contributed by atoms with van der Waals surface area (Å²) in [7, 11) is 0. The van der Waals surface area contributed by atoms with E-state index in [9.17, 15) is 0 Å². The van der Waals surface area contributed by atoms with Gasteiger partial charge in [0.05, 0.1) is 11.4 Å². The minimum absolute atomic E-state index is 0.0834. The van der Waals surface area contributed by atoms with Crippen LogP contribution < -0.4 is 0 Å². The monoisotopic (exact) mass is 514 g/mol. The number of hydrogen-bond donors (Lipinski definition) is 0. The standard InChI is InChI=1S/C37H26N2O/c1-37(2)30-17-8-6-13-25(30)26-20-19-24(21-31(26)37)32-22-33(39-36(38-32)23-11-4-3-5-12-23)29-16-10-15-28-27-14-7-9-18-34(27)40-35(28)29/h3-22H,1-2H3. The molecule has 3 nitrogen and oxygen atoms in total. The van der Waals surface area contributed by atoms with Crippen molar-refractivity contribution in [2.75, 3.05) is 0 Å². The molecule has 0 bridgehead atoms. The summed E-state index contributed by atoms with van der Waals surface area (Å²) in [4.78, 5) is 10.2. The Hall–Kier alpha value is -5.02. The van der Waals surface area contributed by atoms with Gasteiger partial charge in [0.1, 0.15) is 11.2 Å². The Morgan fingerprint density at radius 1 is 0.525 bits per heavy atom. The topological polar surface area (TPSA) is 38.9 Å². The average Bonchev–Trinajstić information content (AvgIpc) is 3.50. The van der Waals surface area contributed by atoms with Gasteiger partial charge in [-0.25, -0.2) is 9.97 Å². The molecule has 0 fully saturated rings. The zero-order valence-corrected chi connectivity index (χ0v) is 22.3. The van der Waals surface area contributed by atoms with Crippen LogP contribution >= 0.6 is 0 Å². The molecule has 40 heavy (non-hydrogen) atoms. The predicted octanol–water partition coefficient (Wildman–Crippen LogP) is 9.68. The van der Waals surface area contributed by atoms with Crippen LogP contribution in [0.1, 0.15) is 25.0 Å². The molecule has 7 aromatic rings. The fourth-order valence-electron chi connectivity index (χ4n) is 6.26. The van der Waals surface area contributed by atoms with Gasteiger partial charge in [-0.3, -0.25) is 0 Å². The first kappa shape index (κ1) is 22.9. The molecule has 1 aliphatic rings. The lowest BCUT2D eigenvalue weighted by Gasteiger charge is -2.22. The van der Waals surface area contributed by atoms with Gasteiger partial charge in [-0.05, 0) is 46.5 Å². The van der Waals surface area contributed by atoms with Gasteiger partial charge in [-0.15, -0.1) is 0 Å². The fraction of sp³-hybridized carbons (Fsp3) is 0.0811. The second kappa shape index (κ2) is 8.49. The molecule has 0 amide bonds. The number of fused-ring (bicyclic) bond motifs is 6.